The molecule has 0 aliphatic rings. The molecule has 1 heterocycles. The van der Waals surface area contributed by atoms with Crippen molar-refractivity contribution in [3.05, 3.63) is 53.8 Å². The summed E-state index contributed by atoms with van der Waals surface area (Å²) in [6, 6.07) is 11.7. The second-order valence-corrected chi connectivity index (χ2v) is 6.57. The second-order valence-electron chi connectivity index (χ2n) is 5.63. The van der Waals surface area contributed by atoms with Crippen molar-refractivity contribution in [1.82, 2.24) is 14.8 Å². The first-order chi connectivity index (χ1) is 13.0. The number of hydrogen-bond acceptors (Lipinski definition) is 6. The zero-order valence-electron chi connectivity index (χ0n) is 15.1. The maximum atomic E-state index is 13.8. The Morgan fingerprint density at radius 2 is 1.85 bits per heavy atom. The molecule has 0 saturated heterocycles. The summed E-state index contributed by atoms with van der Waals surface area (Å²) in [5, 5.41) is 8.94. The van der Waals surface area contributed by atoms with Crippen LogP contribution < -0.4 is 9.47 Å². The highest BCUT2D eigenvalue weighted by molar-refractivity contribution is 7.99. The topological polar surface area (TPSA) is 66.2 Å². The van der Waals surface area contributed by atoms with Gasteiger partial charge in [-0.3, -0.25) is 4.79 Å². The van der Waals surface area contributed by atoms with E-state index >= 15 is 0 Å². The van der Waals surface area contributed by atoms with Gasteiger partial charge in [0, 0.05) is 12.6 Å². The van der Waals surface area contributed by atoms with Crippen molar-refractivity contribution in [2.75, 3.05) is 20.0 Å². The minimum absolute atomic E-state index is 0.106. The Kier molecular flexibility index (Phi) is 5.75. The van der Waals surface area contributed by atoms with E-state index < -0.39 is 5.82 Å². The molecule has 6 nitrogen and oxygen atoms in total. The van der Waals surface area contributed by atoms with Crippen LogP contribution in [0.3, 0.4) is 0 Å². The van der Waals surface area contributed by atoms with E-state index in [2.05, 4.69) is 10.2 Å². The molecule has 0 amide bonds. The fourth-order valence-corrected chi connectivity index (χ4v) is 3.36. The first kappa shape index (κ1) is 18.9. The number of halogens is 1. The van der Waals surface area contributed by atoms with Crippen molar-refractivity contribution < 1.29 is 18.7 Å². The molecule has 27 heavy (non-hydrogen) atoms. The number of methoxy groups -OCH3 is 2. The molecule has 8 heteroatoms. The molecule has 0 atom stereocenters. The van der Waals surface area contributed by atoms with Gasteiger partial charge in [0.1, 0.15) is 5.75 Å². The van der Waals surface area contributed by atoms with Crippen molar-refractivity contribution in [2.45, 2.75) is 5.16 Å². The van der Waals surface area contributed by atoms with Gasteiger partial charge in [0.05, 0.1) is 25.5 Å². The fourth-order valence-electron chi connectivity index (χ4n) is 2.56. The van der Waals surface area contributed by atoms with E-state index in [4.69, 9.17) is 9.47 Å². The van der Waals surface area contributed by atoms with Crippen LogP contribution in [-0.4, -0.2) is 40.5 Å². The number of ether oxygens (including phenoxy) is 2. The van der Waals surface area contributed by atoms with Crippen LogP contribution in [0.25, 0.3) is 11.4 Å². The normalized spacial score (nSPS) is 10.7. The lowest BCUT2D eigenvalue weighted by Gasteiger charge is -2.08. The Labute approximate surface area is 160 Å². The lowest BCUT2D eigenvalue weighted by molar-refractivity contribution is 0.102. The van der Waals surface area contributed by atoms with E-state index in [9.17, 15) is 9.18 Å². The van der Waals surface area contributed by atoms with Crippen molar-refractivity contribution in [3.63, 3.8) is 0 Å². The Balaban J connectivity index is 1.75. The Hall–Kier alpha value is -2.87. The lowest BCUT2D eigenvalue weighted by atomic mass is 10.1. The van der Waals surface area contributed by atoms with E-state index in [1.54, 1.807) is 17.7 Å². The number of carbonyl (C=O) groups is 1. The molecule has 3 aromatic rings. The van der Waals surface area contributed by atoms with Crippen LogP contribution in [0.1, 0.15) is 10.4 Å². The highest BCUT2D eigenvalue weighted by Gasteiger charge is 2.17. The molecule has 0 radical (unpaired) electrons. The predicted molar refractivity (Wildman–Crippen MR) is 101 cm³/mol. The van der Waals surface area contributed by atoms with Gasteiger partial charge in [-0.25, -0.2) is 4.39 Å². The summed E-state index contributed by atoms with van der Waals surface area (Å²) < 4.78 is 25.8. The van der Waals surface area contributed by atoms with Crippen LogP contribution in [0.5, 0.6) is 11.5 Å². The van der Waals surface area contributed by atoms with Crippen molar-refractivity contribution in [1.29, 1.82) is 0 Å². The predicted octanol–water partition coefficient (Wildman–Crippen LogP) is 3.61. The van der Waals surface area contributed by atoms with Gasteiger partial charge >= 0.3 is 0 Å². The highest BCUT2D eigenvalue weighted by atomic mass is 32.2. The van der Waals surface area contributed by atoms with E-state index in [1.165, 1.54) is 31.0 Å². The summed E-state index contributed by atoms with van der Waals surface area (Å²) in [6.45, 7) is 0. The highest BCUT2D eigenvalue weighted by Crippen LogP contribution is 2.30. The monoisotopic (exact) mass is 387 g/mol. The van der Waals surface area contributed by atoms with Crippen LogP contribution >= 0.6 is 11.8 Å². The average Bonchev–Trinajstić information content (AvgIpc) is 3.06. The molecule has 0 aliphatic carbocycles. The van der Waals surface area contributed by atoms with Crippen LogP contribution in [-0.2, 0) is 7.05 Å². The molecule has 0 aliphatic heterocycles. The Morgan fingerprint density at radius 3 is 2.56 bits per heavy atom. The summed E-state index contributed by atoms with van der Waals surface area (Å²) in [5.41, 5.74) is 1.10. The minimum atomic E-state index is -0.564. The van der Waals surface area contributed by atoms with Gasteiger partial charge in [-0.1, -0.05) is 23.9 Å². The Morgan fingerprint density at radius 1 is 1.11 bits per heavy atom. The van der Waals surface area contributed by atoms with E-state index in [0.29, 0.717) is 16.7 Å². The van der Waals surface area contributed by atoms with Crippen molar-refractivity contribution in [3.8, 4) is 22.9 Å². The van der Waals surface area contributed by atoms with Crippen LogP contribution in [0.2, 0.25) is 0 Å². The molecule has 140 valence electrons. The van der Waals surface area contributed by atoms with E-state index in [1.807, 2.05) is 31.3 Å². The average molecular weight is 387 g/mol. The summed E-state index contributed by atoms with van der Waals surface area (Å²) in [6.07, 6.45) is 0. The van der Waals surface area contributed by atoms with Gasteiger partial charge in [-0.15, -0.1) is 10.2 Å². The largest absolute Gasteiger partial charge is 0.496 e. The number of ketones is 1. The maximum Gasteiger partial charge on any atom is 0.191 e. The van der Waals surface area contributed by atoms with Gasteiger partial charge in [0.15, 0.2) is 28.3 Å². The molecular formula is C19H18FN3O3S. The third-order valence-corrected chi connectivity index (χ3v) is 5.01. The number of Topliss-reactive ketones (excluding diaryl/α,β-unsaturated/α-hetero) is 1. The van der Waals surface area contributed by atoms with Crippen molar-refractivity contribution in [2.24, 2.45) is 7.05 Å². The summed E-state index contributed by atoms with van der Waals surface area (Å²) >= 11 is 1.24. The third-order valence-electron chi connectivity index (χ3n) is 3.99. The minimum Gasteiger partial charge on any atom is -0.496 e. The van der Waals surface area contributed by atoms with E-state index in [-0.39, 0.29) is 22.8 Å². The fraction of sp³-hybridized carbons (Fsp3) is 0.211. The third kappa shape index (κ3) is 3.95. The standard InChI is InChI=1S/C19H18FN3O3S/c1-23-18(13-6-4-5-7-16(13)25-2)21-22-19(23)27-11-15(24)12-8-9-17(26-3)14(20)10-12/h4-10H,11H2,1-3H3. The number of para-hydroxylation sites is 1. The smallest absolute Gasteiger partial charge is 0.191 e. The van der Waals surface area contributed by atoms with Gasteiger partial charge in [-0.2, -0.15) is 0 Å². The molecule has 0 fully saturated rings. The quantitative estimate of drug-likeness (QED) is 0.456. The molecule has 0 N–H and O–H groups in total. The van der Waals surface area contributed by atoms with Gasteiger partial charge in [-0.05, 0) is 30.3 Å². The number of hydrogen-bond donors (Lipinski definition) is 0. The zero-order valence-corrected chi connectivity index (χ0v) is 15.9. The molecular weight excluding hydrogens is 369 g/mol. The van der Waals surface area contributed by atoms with Crippen LogP contribution in [0, 0.1) is 5.82 Å². The van der Waals surface area contributed by atoms with Crippen LogP contribution in [0.4, 0.5) is 4.39 Å². The second kappa shape index (κ2) is 8.22. The molecule has 0 bridgehead atoms. The van der Waals surface area contributed by atoms with Gasteiger partial charge < -0.3 is 14.0 Å². The number of aromatic nitrogens is 3. The summed E-state index contributed by atoms with van der Waals surface area (Å²) in [4.78, 5) is 12.4. The van der Waals surface area contributed by atoms with Crippen molar-refractivity contribution >= 4 is 17.5 Å². The Bertz CT molecular complexity index is 975. The molecule has 3 rings (SSSR count). The summed E-state index contributed by atoms with van der Waals surface area (Å²) in [7, 11) is 4.79. The SMILES string of the molecule is COc1ccc(C(=O)CSc2nnc(-c3ccccc3OC)n2C)cc1F. The number of thioether (sulfide) groups is 1. The number of carbonyl (C=O) groups excluding carboxylic acids is 1. The maximum absolute atomic E-state index is 13.8. The molecule has 2 aromatic carbocycles. The summed E-state index contributed by atoms with van der Waals surface area (Å²) in [5.74, 6) is 0.777. The number of nitrogens with zero attached hydrogens (tertiary/aromatic N) is 3. The first-order valence-corrected chi connectivity index (χ1v) is 9.06. The first-order valence-electron chi connectivity index (χ1n) is 8.07. The molecule has 0 unspecified atom stereocenters. The zero-order chi connectivity index (χ0) is 19.4. The molecule has 1 aromatic heterocycles. The van der Waals surface area contributed by atoms with Crippen LogP contribution in [0.15, 0.2) is 47.6 Å². The number of benzene rings is 2. The molecule has 0 spiro atoms. The number of rotatable bonds is 7. The van der Waals surface area contributed by atoms with Gasteiger partial charge in [0.25, 0.3) is 0 Å². The van der Waals surface area contributed by atoms with E-state index in [0.717, 1.165) is 5.56 Å². The lowest BCUT2D eigenvalue weighted by Crippen LogP contribution is -2.05. The molecule has 0 saturated carbocycles. The van der Waals surface area contributed by atoms with Gasteiger partial charge in [0.2, 0.25) is 0 Å².